The van der Waals surface area contributed by atoms with Gasteiger partial charge in [-0.05, 0) is 41.1 Å². The molecule has 0 fully saturated rings. The van der Waals surface area contributed by atoms with Crippen LogP contribution in [0.4, 0.5) is 5.95 Å². The van der Waals surface area contributed by atoms with Crippen molar-refractivity contribution in [1.82, 2.24) is 20.2 Å². The highest BCUT2D eigenvalue weighted by atomic mass is 35.5. The number of aromatic nitrogens is 4. The Labute approximate surface area is 145 Å². The van der Waals surface area contributed by atoms with Crippen LogP contribution in [-0.4, -0.2) is 20.2 Å². The number of ether oxygens (including phenoxy) is 1. The number of benzene rings is 2. The molecule has 3 aromatic rings. The molecule has 0 radical (unpaired) electrons. The topological polar surface area (TPSA) is 64.9 Å². The number of hydrogen-bond donors (Lipinski definition) is 1. The number of nitrogens with one attached hydrogen (secondary N) is 1. The van der Waals surface area contributed by atoms with Crippen LogP contribution < -0.4 is 10.1 Å². The Hall–Kier alpha value is -2.60. The summed E-state index contributed by atoms with van der Waals surface area (Å²) in [5.74, 6) is 1.46. The minimum Gasteiger partial charge on any atom is -0.489 e. The van der Waals surface area contributed by atoms with Gasteiger partial charge >= 0.3 is 0 Å². The molecule has 0 aliphatic rings. The number of nitrogens with zero attached hydrogens (tertiary/aromatic N) is 4. The van der Waals surface area contributed by atoms with Gasteiger partial charge in [-0.3, -0.25) is 0 Å². The Balaban J connectivity index is 1.66. The standard InChI is InChI=1S/C17H18ClN5O/c1-2-23-17(20-21-22-23)19-11-14-7-3-4-9-16(14)24-12-13-6-5-8-15(18)10-13/h3-10H,2,11-12H2,1H3,(H,19,20,22). The zero-order valence-corrected chi connectivity index (χ0v) is 14.1. The first-order chi connectivity index (χ1) is 11.8. The number of aryl methyl sites for hydroxylation is 1. The van der Waals surface area contributed by atoms with E-state index in [1.807, 2.05) is 55.5 Å². The lowest BCUT2D eigenvalue weighted by atomic mass is 10.2. The number of para-hydroxylation sites is 1. The molecule has 2 aromatic carbocycles. The summed E-state index contributed by atoms with van der Waals surface area (Å²) in [6.07, 6.45) is 0. The molecule has 0 amide bonds. The van der Waals surface area contributed by atoms with Crippen LogP contribution in [0.5, 0.6) is 5.75 Å². The van der Waals surface area contributed by atoms with Crippen LogP contribution in [0.3, 0.4) is 0 Å². The average Bonchev–Trinajstić information content (AvgIpc) is 3.06. The number of hydrogen-bond acceptors (Lipinski definition) is 5. The van der Waals surface area contributed by atoms with Crippen molar-refractivity contribution in [2.45, 2.75) is 26.6 Å². The first kappa shape index (κ1) is 16.3. The fourth-order valence-corrected chi connectivity index (χ4v) is 2.51. The summed E-state index contributed by atoms with van der Waals surface area (Å²) in [6.45, 7) is 3.74. The van der Waals surface area contributed by atoms with E-state index in [2.05, 4.69) is 20.8 Å². The molecule has 0 aliphatic carbocycles. The lowest BCUT2D eigenvalue weighted by Crippen LogP contribution is -2.09. The van der Waals surface area contributed by atoms with Gasteiger partial charge in [0.2, 0.25) is 5.95 Å². The van der Waals surface area contributed by atoms with Crippen LogP contribution in [0, 0.1) is 0 Å². The monoisotopic (exact) mass is 343 g/mol. The highest BCUT2D eigenvalue weighted by Crippen LogP contribution is 2.21. The highest BCUT2D eigenvalue weighted by Gasteiger charge is 2.07. The molecule has 0 saturated carbocycles. The minimum absolute atomic E-state index is 0.463. The van der Waals surface area contributed by atoms with Gasteiger partial charge in [-0.1, -0.05) is 47.0 Å². The Morgan fingerprint density at radius 3 is 2.88 bits per heavy atom. The number of rotatable bonds is 7. The van der Waals surface area contributed by atoms with Crippen LogP contribution >= 0.6 is 11.6 Å². The Morgan fingerprint density at radius 2 is 2.04 bits per heavy atom. The van der Waals surface area contributed by atoms with Gasteiger partial charge in [0.1, 0.15) is 12.4 Å². The molecule has 0 bridgehead atoms. The van der Waals surface area contributed by atoms with E-state index >= 15 is 0 Å². The van der Waals surface area contributed by atoms with Crippen molar-refractivity contribution in [3.05, 3.63) is 64.7 Å². The molecule has 24 heavy (non-hydrogen) atoms. The largest absolute Gasteiger partial charge is 0.489 e. The Bertz CT molecular complexity index is 805. The average molecular weight is 344 g/mol. The van der Waals surface area contributed by atoms with Gasteiger partial charge in [-0.25, -0.2) is 4.68 Å². The minimum atomic E-state index is 0.463. The van der Waals surface area contributed by atoms with Crippen molar-refractivity contribution >= 4 is 17.5 Å². The highest BCUT2D eigenvalue weighted by molar-refractivity contribution is 6.30. The van der Waals surface area contributed by atoms with Gasteiger partial charge < -0.3 is 10.1 Å². The van der Waals surface area contributed by atoms with Crippen LogP contribution in [0.1, 0.15) is 18.1 Å². The molecule has 1 N–H and O–H groups in total. The molecule has 0 saturated heterocycles. The van der Waals surface area contributed by atoms with Crippen molar-refractivity contribution in [2.75, 3.05) is 5.32 Å². The van der Waals surface area contributed by atoms with Crippen LogP contribution in [0.2, 0.25) is 5.02 Å². The summed E-state index contributed by atoms with van der Waals surface area (Å²) in [5, 5.41) is 15.5. The van der Waals surface area contributed by atoms with Crippen molar-refractivity contribution in [1.29, 1.82) is 0 Å². The quantitative estimate of drug-likeness (QED) is 0.710. The molecule has 7 heteroatoms. The fourth-order valence-electron chi connectivity index (χ4n) is 2.30. The van der Waals surface area contributed by atoms with Gasteiger partial charge in [0.25, 0.3) is 0 Å². The third-order valence-corrected chi connectivity index (χ3v) is 3.76. The van der Waals surface area contributed by atoms with E-state index in [0.29, 0.717) is 30.7 Å². The molecular formula is C17H18ClN5O. The molecule has 6 nitrogen and oxygen atoms in total. The number of tetrazole rings is 1. The molecule has 0 aliphatic heterocycles. The van der Waals surface area contributed by atoms with E-state index in [4.69, 9.17) is 16.3 Å². The Kier molecular flexibility index (Phi) is 5.28. The summed E-state index contributed by atoms with van der Waals surface area (Å²) in [6, 6.07) is 15.5. The maximum Gasteiger partial charge on any atom is 0.243 e. The van der Waals surface area contributed by atoms with E-state index in [-0.39, 0.29) is 0 Å². The first-order valence-corrected chi connectivity index (χ1v) is 8.09. The molecule has 3 rings (SSSR count). The lowest BCUT2D eigenvalue weighted by molar-refractivity contribution is 0.303. The number of anilines is 1. The summed E-state index contributed by atoms with van der Waals surface area (Å²) in [7, 11) is 0. The summed E-state index contributed by atoms with van der Waals surface area (Å²) in [4.78, 5) is 0. The molecule has 124 valence electrons. The van der Waals surface area contributed by atoms with Gasteiger partial charge in [0, 0.05) is 23.7 Å². The predicted octanol–water partition coefficient (Wildman–Crippen LogP) is 3.54. The van der Waals surface area contributed by atoms with Crippen molar-refractivity contribution in [3.63, 3.8) is 0 Å². The summed E-state index contributed by atoms with van der Waals surface area (Å²) in [5.41, 5.74) is 2.06. The second-order valence-corrected chi connectivity index (χ2v) is 5.63. The summed E-state index contributed by atoms with van der Waals surface area (Å²) >= 11 is 6.01. The van der Waals surface area contributed by atoms with Crippen LogP contribution in [0.15, 0.2) is 48.5 Å². The van der Waals surface area contributed by atoms with Crippen LogP contribution in [-0.2, 0) is 19.7 Å². The maximum atomic E-state index is 6.01. The molecule has 0 atom stereocenters. The zero-order chi connectivity index (χ0) is 16.8. The van der Waals surface area contributed by atoms with Gasteiger partial charge in [-0.15, -0.1) is 0 Å². The predicted molar refractivity (Wildman–Crippen MR) is 93.0 cm³/mol. The first-order valence-electron chi connectivity index (χ1n) is 7.71. The molecule has 0 spiro atoms. The zero-order valence-electron chi connectivity index (χ0n) is 13.3. The third kappa shape index (κ3) is 4.02. The van der Waals surface area contributed by atoms with E-state index in [1.165, 1.54) is 0 Å². The van der Waals surface area contributed by atoms with E-state index in [9.17, 15) is 0 Å². The number of halogens is 1. The van der Waals surface area contributed by atoms with Gasteiger partial charge in [-0.2, -0.15) is 0 Å². The SMILES string of the molecule is CCn1nnnc1NCc1ccccc1OCc1cccc(Cl)c1. The molecular weight excluding hydrogens is 326 g/mol. The second-order valence-electron chi connectivity index (χ2n) is 5.20. The third-order valence-electron chi connectivity index (χ3n) is 3.52. The summed E-state index contributed by atoms with van der Waals surface area (Å²) < 4.78 is 7.65. The second kappa shape index (κ2) is 7.79. The van der Waals surface area contributed by atoms with E-state index < -0.39 is 0 Å². The van der Waals surface area contributed by atoms with Crippen molar-refractivity contribution in [2.24, 2.45) is 0 Å². The molecule has 1 heterocycles. The Morgan fingerprint density at radius 1 is 1.17 bits per heavy atom. The fraction of sp³-hybridized carbons (Fsp3) is 0.235. The van der Waals surface area contributed by atoms with E-state index in [0.717, 1.165) is 16.9 Å². The van der Waals surface area contributed by atoms with Crippen LogP contribution in [0.25, 0.3) is 0 Å². The normalized spacial score (nSPS) is 10.6. The van der Waals surface area contributed by atoms with E-state index in [1.54, 1.807) is 4.68 Å². The van der Waals surface area contributed by atoms with Crippen molar-refractivity contribution < 1.29 is 4.74 Å². The maximum absolute atomic E-state index is 6.01. The van der Waals surface area contributed by atoms with Gasteiger partial charge in [0.15, 0.2) is 0 Å². The van der Waals surface area contributed by atoms with Crippen molar-refractivity contribution in [3.8, 4) is 5.75 Å². The molecule has 1 aromatic heterocycles. The molecule has 0 unspecified atom stereocenters. The van der Waals surface area contributed by atoms with Gasteiger partial charge in [0.05, 0.1) is 0 Å². The lowest BCUT2D eigenvalue weighted by Gasteiger charge is -2.12. The smallest absolute Gasteiger partial charge is 0.243 e.